The van der Waals surface area contributed by atoms with E-state index < -0.39 is 0 Å². The zero-order valence-corrected chi connectivity index (χ0v) is 16.7. The van der Waals surface area contributed by atoms with E-state index in [0.717, 1.165) is 36.8 Å². The maximum Gasteiger partial charge on any atom is 0.258 e. The number of ether oxygens (including phenoxy) is 1. The molecule has 6 heteroatoms. The van der Waals surface area contributed by atoms with E-state index in [9.17, 15) is 9.59 Å². The van der Waals surface area contributed by atoms with Gasteiger partial charge >= 0.3 is 0 Å². The first-order valence-corrected chi connectivity index (χ1v) is 10.1. The minimum Gasteiger partial charge on any atom is -0.476 e. The molecular weight excluding hydrogens is 370 g/mol. The highest BCUT2D eigenvalue weighted by atomic mass is 16.5. The molecule has 0 aliphatic heterocycles. The summed E-state index contributed by atoms with van der Waals surface area (Å²) in [4.78, 5) is 25.5. The van der Waals surface area contributed by atoms with Crippen molar-refractivity contribution in [1.82, 2.24) is 5.32 Å². The van der Waals surface area contributed by atoms with E-state index in [1.165, 1.54) is 12.7 Å². The number of carbonyl (C=O) groups excluding carboxylic acids is 1. The van der Waals surface area contributed by atoms with Crippen LogP contribution in [0.25, 0.3) is 22.5 Å². The number of aryl methyl sites for hydroxylation is 2. The zero-order chi connectivity index (χ0) is 20.4. The fraction of sp³-hybridized carbons (Fsp3) is 0.391. The number of benzene rings is 1. The highest BCUT2D eigenvalue weighted by Crippen LogP contribution is 2.32. The predicted molar refractivity (Wildman–Crippen MR) is 110 cm³/mol. The Kier molecular flexibility index (Phi) is 5.43. The van der Waals surface area contributed by atoms with Crippen molar-refractivity contribution in [3.05, 3.63) is 51.9 Å². The molecule has 0 radical (unpaired) electrons. The van der Waals surface area contributed by atoms with E-state index in [1.54, 1.807) is 18.2 Å². The van der Waals surface area contributed by atoms with Gasteiger partial charge in [-0.25, -0.2) is 0 Å². The van der Waals surface area contributed by atoms with Crippen LogP contribution in [0.5, 0.6) is 5.75 Å². The van der Waals surface area contributed by atoms with Crippen molar-refractivity contribution < 1.29 is 18.4 Å². The van der Waals surface area contributed by atoms with Crippen molar-refractivity contribution >= 4 is 16.9 Å². The van der Waals surface area contributed by atoms with E-state index in [0.29, 0.717) is 16.7 Å². The highest BCUT2D eigenvalue weighted by molar-refractivity contribution is 5.83. The molecule has 0 spiro atoms. The number of furan rings is 1. The highest BCUT2D eigenvalue weighted by Gasteiger charge is 2.22. The monoisotopic (exact) mass is 395 g/mol. The summed E-state index contributed by atoms with van der Waals surface area (Å²) in [7, 11) is 0. The number of hydrogen-bond donors (Lipinski definition) is 1. The zero-order valence-electron chi connectivity index (χ0n) is 16.7. The summed E-state index contributed by atoms with van der Waals surface area (Å²) < 4.78 is 17.1. The summed E-state index contributed by atoms with van der Waals surface area (Å²) >= 11 is 0. The van der Waals surface area contributed by atoms with Gasteiger partial charge < -0.3 is 18.9 Å². The van der Waals surface area contributed by atoms with Gasteiger partial charge in [-0.1, -0.05) is 19.3 Å². The number of fused-ring (bicyclic) bond motifs is 1. The van der Waals surface area contributed by atoms with Gasteiger partial charge in [0.25, 0.3) is 5.91 Å². The molecule has 1 aliphatic rings. The van der Waals surface area contributed by atoms with Crippen LogP contribution in [0.15, 0.2) is 44.2 Å². The fourth-order valence-corrected chi connectivity index (χ4v) is 3.79. The van der Waals surface area contributed by atoms with Crippen molar-refractivity contribution in [2.24, 2.45) is 0 Å². The molecule has 6 nitrogen and oxygen atoms in total. The minimum absolute atomic E-state index is 0.00510. The van der Waals surface area contributed by atoms with Gasteiger partial charge in [0.15, 0.2) is 12.4 Å². The Morgan fingerprint density at radius 2 is 1.93 bits per heavy atom. The van der Waals surface area contributed by atoms with Gasteiger partial charge in [-0.15, -0.1) is 0 Å². The lowest BCUT2D eigenvalue weighted by Crippen LogP contribution is -2.39. The normalized spacial score (nSPS) is 14.8. The Labute approximate surface area is 168 Å². The van der Waals surface area contributed by atoms with E-state index in [4.69, 9.17) is 13.6 Å². The standard InChI is InChI=1S/C23H25NO5/c1-14-11-17-19(12-15(14)2)29-22(18-9-6-10-27-18)23(21(17)26)28-13-20(25)24-16-7-4-3-5-8-16/h6,9-12,16H,3-5,7-8,13H2,1-2H3,(H,24,25). The maximum absolute atomic E-state index is 13.2. The van der Waals surface area contributed by atoms with Crippen molar-refractivity contribution in [3.8, 4) is 17.3 Å². The molecule has 0 saturated heterocycles. The Balaban J connectivity index is 1.65. The molecule has 2 aromatic heterocycles. The Morgan fingerprint density at radius 1 is 1.17 bits per heavy atom. The lowest BCUT2D eigenvalue weighted by atomic mass is 9.95. The lowest BCUT2D eigenvalue weighted by Gasteiger charge is -2.22. The van der Waals surface area contributed by atoms with Gasteiger partial charge in [0.1, 0.15) is 5.58 Å². The number of amides is 1. The molecule has 0 bridgehead atoms. The molecular formula is C23H25NO5. The van der Waals surface area contributed by atoms with Crippen molar-refractivity contribution in [3.63, 3.8) is 0 Å². The number of hydrogen-bond acceptors (Lipinski definition) is 5. The molecule has 4 rings (SSSR count). The molecule has 1 aliphatic carbocycles. The molecule has 0 unspecified atom stereocenters. The minimum atomic E-state index is -0.314. The first kappa shape index (κ1) is 19.3. The first-order valence-electron chi connectivity index (χ1n) is 10.1. The third kappa shape index (κ3) is 4.06. The Morgan fingerprint density at radius 3 is 2.66 bits per heavy atom. The quantitative estimate of drug-likeness (QED) is 0.688. The molecule has 2 heterocycles. The van der Waals surface area contributed by atoms with E-state index in [1.807, 2.05) is 19.9 Å². The summed E-state index contributed by atoms with van der Waals surface area (Å²) in [6, 6.07) is 7.21. The van der Waals surface area contributed by atoms with Crippen LogP contribution >= 0.6 is 0 Å². The topological polar surface area (TPSA) is 81.7 Å². The average molecular weight is 395 g/mol. The summed E-state index contributed by atoms with van der Waals surface area (Å²) in [5, 5.41) is 3.42. The number of nitrogens with one attached hydrogen (secondary N) is 1. The average Bonchev–Trinajstić information content (AvgIpc) is 3.24. The van der Waals surface area contributed by atoms with Crippen LogP contribution < -0.4 is 15.5 Å². The van der Waals surface area contributed by atoms with Gasteiger partial charge in [-0.3, -0.25) is 9.59 Å². The maximum atomic E-state index is 13.2. The van der Waals surface area contributed by atoms with Crippen LogP contribution in [0.1, 0.15) is 43.2 Å². The molecule has 1 N–H and O–H groups in total. The second-order valence-corrected chi connectivity index (χ2v) is 7.69. The van der Waals surface area contributed by atoms with Crippen LogP contribution in [0.2, 0.25) is 0 Å². The number of rotatable bonds is 5. The second-order valence-electron chi connectivity index (χ2n) is 7.69. The lowest BCUT2D eigenvalue weighted by molar-refractivity contribution is -0.124. The van der Waals surface area contributed by atoms with Gasteiger partial charge in [-0.05, 0) is 62.1 Å². The van der Waals surface area contributed by atoms with E-state index in [2.05, 4.69) is 5.32 Å². The predicted octanol–water partition coefficient (Wildman–Crippen LogP) is 4.50. The van der Waals surface area contributed by atoms with E-state index in [-0.39, 0.29) is 35.5 Å². The van der Waals surface area contributed by atoms with E-state index >= 15 is 0 Å². The third-order valence-electron chi connectivity index (χ3n) is 5.53. The van der Waals surface area contributed by atoms with Crippen molar-refractivity contribution in [1.29, 1.82) is 0 Å². The molecule has 29 heavy (non-hydrogen) atoms. The van der Waals surface area contributed by atoms with Crippen LogP contribution in [-0.4, -0.2) is 18.6 Å². The summed E-state index contributed by atoms with van der Waals surface area (Å²) in [5.74, 6) is 0.336. The smallest absolute Gasteiger partial charge is 0.258 e. The molecule has 1 amide bonds. The fourth-order valence-electron chi connectivity index (χ4n) is 3.79. The molecule has 1 fully saturated rings. The largest absolute Gasteiger partial charge is 0.476 e. The Bertz CT molecular complexity index is 1070. The molecule has 0 atom stereocenters. The number of carbonyl (C=O) groups is 1. The summed E-state index contributed by atoms with van der Waals surface area (Å²) in [6.07, 6.45) is 6.94. The van der Waals surface area contributed by atoms with Crippen LogP contribution in [0.4, 0.5) is 0 Å². The van der Waals surface area contributed by atoms with Crippen molar-refractivity contribution in [2.45, 2.75) is 52.0 Å². The second kappa shape index (κ2) is 8.15. The van der Waals surface area contributed by atoms with Gasteiger partial charge in [-0.2, -0.15) is 0 Å². The van der Waals surface area contributed by atoms with Crippen LogP contribution in [0.3, 0.4) is 0 Å². The van der Waals surface area contributed by atoms with Crippen molar-refractivity contribution in [2.75, 3.05) is 6.61 Å². The van der Waals surface area contributed by atoms with Crippen LogP contribution in [0, 0.1) is 13.8 Å². The van der Waals surface area contributed by atoms with Gasteiger partial charge in [0.05, 0.1) is 11.6 Å². The summed E-state index contributed by atoms with van der Waals surface area (Å²) in [5.41, 5.74) is 2.15. The molecule has 1 aromatic carbocycles. The molecule has 3 aromatic rings. The summed E-state index contributed by atoms with van der Waals surface area (Å²) in [6.45, 7) is 3.65. The van der Waals surface area contributed by atoms with Crippen LogP contribution in [-0.2, 0) is 4.79 Å². The Hall–Kier alpha value is -3.02. The van der Waals surface area contributed by atoms with Gasteiger partial charge in [0, 0.05) is 6.04 Å². The first-order chi connectivity index (χ1) is 14.0. The third-order valence-corrected chi connectivity index (χ3v) is 5.53. The molecule has 152 valence electrons. The SMILES string of the molecule is Cc1cc2oc(-c3ccco3)c(OCC(=O)NC3CCCCC3)c(=O)c2cc1C. The molecule has 1 saturated carbocycles. The van der Waals surface area contributed by atoms with Gasteiger partial charge in [0.2, 0.25) is 16.9 Å².